The van der Waals surface area contributed by atoms with Crippen molar-refractivity contribution in [1.82, 2.24) is 4.98 Å². The number of nitrogens with zero attached hydrogens (tertiary/aromatic N) is 1. The second kappa shape index (κ2) is 12.4. The normalized spacial score (nSPS) is 15.5. The fourth-order valence-electron chi connectivity index (χ4n) is 4.78. The number of sulfonamides is 1. The molecule has 1 unspecified atom stereocenters. The van der Waals surface area contributed by atoms with Gasteiger partial charge in [-0.3, -0.25) is 4.72 Å². The van der Waals surface area contributed by atoms with Crippen LogP contribution in [0.3, 0.4) is 0 Å². The number of ether oxygens (including phenoxy) is 2. The molecule has 1 aliphatic carbocycles. The standard InChI is InChI=1S/C29H28F4N2O6S2/c1-5-41-26-18(16-6-8-17(9-7-16)29(31,32)33)10-11-19(25(26)15(2)3)27-34-24(14-42-27)43(38,39)35-22-13-21(30)20(28(36)37)12-23(22)40-4/h6,10-14,17,35H,2,5,7-9H2,1,3-4H3,(H,36,37). The number of aromatic carboxylic acids is 1. The van der Waals surface area contributed by atoms with Crippen LogP contribution < -0.4 is 14.2 Å². The molecule has 0 bridgehead atoms. The molecule has 0 saturated heterocycles. The van der Waals surface area contributed by atoms with Crippen LogP contribution in [0, 0.1) is 11.7 Å². The second-order valence-electron chi connectivity index (χ2n) is 9.75. The van der Waals surface area contributed by atoms with Crippen LogP contribution in [-0.4, -0.2) is 44.4 Å². The van der Waals surface area contributed by atoms with E-state index in [9.17, 15) is 30.8 Å². The van der Waals surface area contributed by atoms with Gasteiger partial charge in [0.25, 0.3) is 10.0 Å². The summed E-state index contributed by atoms with van der Waals surface area (Å²) in [7, 11) is -3.20. The Morgan fingerprint density at radius 1 is 1.26 bits per heavy atom. The molecular weight excluding hydrogens is 612 g/mol. The topological polar surface area (TPSA) is 115 Å². The summed E-state index contributed by atoms with van der Waals surface area (Å²) in [5, 5.41) is 10.3. The highest BCUT2D eigenvalue weighted by molar-refractivity contribution is 7.92. The molecule has 4 rings (SSSR count). The summed E-state index contributed by atoms with van der Waals surface area (Å²) in [4.78, 5) is 15.5. The van der Waals surface area contributed by atoms with E-state index in [1.54, 1.807) is 32.1 Å². The van der Waals surface area contributed by atoms with E-state index in [1.807, 2.05) is 0 Å². The van der Waals surface area contributed by atoms with E-state index in [1.165, 1.54) is 12.5 Å². The Balaban J connectivity index is 1.73. The molecule has 2 aromatic carbocycles. The Bertz CT molecular complexity index is 1710. The molecule has 1 atom stereocenters. The number of methoxy groups -OCH3 is 1. The first-order valence-electron chi connectivity index (χ1n) is 13.0. The fourth-order valence-corrected chi connectivity index (χ4v) is 6.96. The van der Waals surface area contributed by atoms with Crippen LogP contribution in [0.1, 0.15) is 54.6 Å². The highest BCUT2D eigenvalue weighted by Gasteiger charge is 2.40. The Morgan fingerprint density at radius 3 is 2.51 bits per heavy atom. The van der Waals surface area contributed by atoms with Crippen molar-refractivity contribution in [2.45, 2.75) is 44.3 Å². The number of nitrogens with one attached hydrogen (secondary N) is 1. The predicted molar refractivity (Wildman–Crippen MR) is 156 cm³/mol. The minimum absolute atomic E-state index is 0.0422. The van der Waals surface area contributed by atoms with E-state index in [0.717, 1.165) is 23.0 Å². The van der Waals surface area contributed by atoms with Crippen LogP contribution in [0.2, 0.25) is 0 Å². The smallest absolute Gasteiger partial charge is 0.392 e. The molecule has 1 aliphatic rings. The highest BCUT2D eigenvalue weighted by atomic mass is 32.2. The zero-order valence-corrected chi connectivity index (χ0v) is 25.0. The summed E-state index contributed by atoms with van der Waals surface area (Å²) in [6, 6.07) is 4.99. The lowest BCUT2D eigenvalue weighted by Gasteiger charge is -2.26. The molecule has 2 N–H and O–H groups in total. The molecule has 0 saturated carbocycles. The van der Waals surface area contributed by atoms with Gasteiger partial charge >= 0.3 is 12.1 Å². The van der Waals surface area contributed by atoms with Gasteiger partial charge in [-0.2, -0.15) is 21.6 Å². The van der Waals surface area contributed by atoms with Crippen molar-refractivity contribution in [2.24, 2.45) is 5.92 Å². The minimum atomic E-state index is -4.38. The van der Waals surface area contributed by atoms with Crippen molar-refractivity contribution in [1.29, 1.82) is 0 Å². The Hall–Kier alpha value is -3.91. The number of thiazole rings is 1. The van der Waals surface area contributed by atoms with E-state index >= 15 is 0 Å². The highest BCUT2D eigenvalue weighted by Crippen LogP contribution is 2.46. The molecule has 0 radical (unpaired) electrons. The first-order chi connectivity index (χ1) is 20.2. The van der Waals surface area contributed by atoms with E-state index in [4.69, 9.17) is 14.6 Å². The lowest BCUT2D eigenvalue weighted by atomic mass is 9.84. The first kappa shape index (κ1) is 32.0. The molecule has 1 heterocycles. The monoisotopic (exact) mass is 640 g/mol. The zero-order valence-electron chi connectivity index (χ0n) is 23.3. The van der Waals surface area contributed by atoms with Crippen molar-refractivity contribution < 1.29 is 45.4 Å². The first-order valence-corrected chi connectivity index (χ1v) is 15.4. The number of hydrogen-bond acceptors (Lipinski definition) is 7. The quantitative estimate of drug-likeness (QED) is 0.219. The number of carbonyl (C=O) groups is 1. The van der Waals surface area contributed by atoms with Gasteiger partial charge in [0.1, 0.15) is 22.3 Å². The zero-order chi connectivity index (χ0) is 31.7. The number of anilines is 1. The molecule has 0 spiro atoms. The van der Waals surface area contributed by atoms with Gasteiger partial charge in [-0.15, -0.1) is 11.3 Å². The summed E-state index contributed by atoms with van der Waals surface area (Å²) in [5.74, 6) is -3.91. The van der Waals surface area contributed by atoms with E-state index in [0.29, 0.717) is 39.1 Å². The van der Waals surface area contributed by atoms with Gasteiger partial charge in [0, 0.05) is 28.1 Å². The van der Waals surface area contributed by atoms with Crippen molar-refractivity contribution in [2.75, 3.05) is 18.4 Å². The third-order valence-electron chi connectivity index (χ3n) is 6.85. The maximum absolute atomic E-state index is 14.3. The van der Waals surface area contributed by atoms with E-state index < -0.39 is 39.5 Å². The van der Waals surface area contributed by atoms with Crippen LogP contribution in [-0.2, 0) is 10.0 Å². The molecule has 0 aliphatic heterocycles. The maximum Gasteiger partial charge on any atom is 0.392 e. The molecule has 230 valence electrons. The largest absolute Gasteiger partial charge is 0.495 e. The molecule has 0 amide bonds. The van der Waals surface area contributed by atoms with Crippen LogP contribution in [0.5, 0.6) is 11.5 Å². The Kier molecular flexibility index (Phi) is 9.21. The second-order valence-corrected chi connectivity index (χ2v) is 12.2. The average Bonchev–Trinajstić information content (AvgIpc) is 3.44. The number of aromatic nitrogens is 1. The summed E-state index contributed by atoms with van der Waals surface area (Å²) in [6.07, 6.45) is -2.65. The number of alkyl halides is 3. The van der Waals surface area contributed by atoms with Gasteiger partial charge in [0.05, 0.1) is 30.9 Å². The minimum Gasteiger partial charge on any atom is -0.495 e. The number of carboxylic acids is 1. The van der Waals surface area contributed by atoms with E-state index in [2.05, 4.69) is 16.3 Å². The number of benzene rings is 2. The van der Waals surface area contributed by atoms with Crippen molar-refractivity contribution in [3.05, 3.63) is 64.8 Å². The SMILES string of the molecule is C=C(C)c1c(-c2nc(S(=O)(=O)Nc3cc(F)c(C(=O)O)cc3OC)cs2)ccc(C2=CCC(C(F)(F)F)CC2)c1OCC. The van der Waals surface area contributed by atoms with Gasteiger partial charge in [-0.1, -0.05) is 24.8 Å². The summed E-state index contributed by atoms with van der Waals surface area (Å²) >= 11 is 1.01. The van der Waals surface area contributed by atoms with Crippen LogP contribution in [0.25, 0.3) is 21.7 Å². The molecule has 1 aromatic heterocycles. The summed E-state index contributed by atoms with van der Waals surface area (Å²) in [5.41, 5.74) is 1.96. The number of hydrogen-bond donors (Lipinski definition) is 2. The molecule has 8 nitrogen and oxygen atoms in total. The van der Waals surface area contributed by atoms with Gasteiger partial charge < -0.3 is 14.6 Å². The van der Waals surface area contributed by atoms with E-state index in [-0.39, 0.29) is 42.3 Å². The molecule has 43 heavy (non-hydrogen) atoms. The van der Waals surface area contributed by atoms with Gasteiger partial charge in [-0.25, -0.2) is 14.2 Å². The third-order valence-corrected chi connectivity index (χ3v) is 9.12. The summed E-state index contributed by atoms with van der Waals surface area (Å²) < 4.78 is 93.6. The predicted octanol–water partition coefficient (Wildman–Crippen LogP) is 7.63. The third kappa shape index (κ3) is 6.69. The Morgan fingerprint density at radius 2 is 1.95 bits per heavy atom. The molecule has 3 aromatic rings. The number of allylic oxidation sites excluding steroid dienone is 3. The molecule has 0 fully saturated rings. The Labute approximate surface area is 249 Å². The van der Waals surface area contributed by atoms with Gasteiger partial charge in [0.2, 0.25) is 0 Å². The average molecular weight is 641 g/mol. The molecule has 14 heteroatoms. The van der Waals surface area contributed by atoms with Crippen molar-refractivity contribution >= 4 is 44.2 Å². The van der Waals surface area contributed by atoms with Crippen LogP contribution in [0.4, 0.5) is 23.2 Å². The van der Waals surface area contributed by atoms with Crippen molar-refractivity contribution in [3.8, 4) is 22.1 Å². The maximum atomic E-state index is 14.3. The number of rotatable bonds is 10. The van der Waals surface area contributed by atoms with Gasteiger partial charge in [-0.05, 0) is 50.3 Å². The molecular formula is C29H28F4N2O6S2. The fraction of sp³-hybridized carbons (Fsp3) is 0.310. The van der Waals surface area contributed by atoms with Gasteiger partial charge in [0.15, 0.2) is 5.03 Å². The van der Waals surface area contributed by atoms with Crippen molar-refractivity contribution in [3.63, 3.8) is 0 Å². The number of carboxylic acid groups (broad SMARTS) is 1. The van der Waals surface area contributed by atoms with Crippen LogP contribution in [0.15, 0.2) is 47.3 Å². The summed E-state index contributed by atoms with van der Waals surface area (Å²) in [6.45, 7) is 7.81. The van der Waals surface area contributed by atoms with Crippen LogP contribution >= 0.6 is 11.3 Å². The number of halogens is 4. The lowest BCUT2D eigenvalue weighted by Crippen LogP contribution is -2.24. The lowest BCUT2D eigenvalue weighted by molar-refractivity contribution is -0.175.